The summed E-state index contributed by atoms with van der Waals surface area (Å²) in [5.74, 6) is -5.48. The number of benzene rings is 2. The number of hydrogen-bond donors (Lipinski definition) is 3. The minimum atomic E-state index is -1.27. The molecule has 0 spiro atoms. The summed E-state index contributed by atoms with van der Waals surface area (Å²) in [7, 11) is 0. The van der Waals surface area contributed by atoms with E-state index >= 15 is 0 Å². The quantitative estimate of drug-likeness (QED) is 0.730. The van der Waals surface area contributed by atoms with Crippen LogP contribution in [0.5, 0.6) is 11.5 Å². The van der Waals surface area contributed by atoms with Crippen LogP contribution in [-0.2, 0) is 17.6 Å². The van der Waals surface area contributed by atoms with Gasteiger partial charge in [-0.05, 0) is 35.7 Å². The van der Waals surface area contributed by atoms with E-state index in [0.29, 0.717) is 6.07 Å². The molecule has 0 aliphatic heterocycles. The molecule has 0 saturated carbocycles. The van der Waals surface area contributed by atoms with Crippen molar-refractivity contribution in [3.05, 3.63) is 58.2 Å². The fourth-order valence-corrected chi connectivity index (χ4v) is 2.52. The number of aromatic hydroxyl groups is 2. The maximum Gasteiger partial charge on any atom is 0.307 e. The summed E-state index contributed by atoms with van der Waals surface area (Å²) in [5.41, 5.74) is -0.458. The Morgan fingerprint density at radius 2 is 1.67 bits per heavy atom. The van der Waals surface area contributed by atoms with E-state index in [9.17, 15) is 28.6 Å². The van der Waals surface area contributed by atoms with Crippen molar-refractivity contribution < 1.29 is 33.7 Å². The standard InChI is InChI=1S/C17H14F2O5/c1-2-9-10(6-15(22)23)16(14(21)7-13(9)20)17(24)8-3-4-11(18)12(19)5-8/h3-5,7,20-21H,2,6H2,1H3,(H,22,23). The first-order chi connectivity index (χ1) is 11.3. The zero-order valence-electron chi connectivity index (χ0n) is 12.6. The van der Waals surface area contributed by atoms with E-state index in [0.717, 1.165) is 18.2 Å². The average molecular weight is 336 g/mol. The number of carboxylic acids is 1. The van der Waals surface area contributed by atoms with Gasteiger partial charge < -0.3 is 15.3 Å². The van der Waals surface area contributed by atoms with Crippen LogP contribution >= 0.6 is 0 Å². The van der Waals surface area contributed by atoms with E-state index in [1.54, 1.807) is 6.92 Å². The van der Waals surface area contributed by atoms with Gasteiger partial charge in [-0.25, -0.2) is 8.78 Å². The highest BCUT2D eigenvalue weighted by Gasteiger charge is 2.25. The van der Waals surface area contributed by atoms with E-state index in [2.05, 4.69) is 0 Å². The number of rotatable bonds is 5. The molecule has 0 saturated heterocycles. The molecule has 0 heterocycles. The predicted molar refractivity (Wildman–Crippen MR) is 80.3 cm³/mol. The highest BCUT2D eigenvalue weighted by molar-refractivity contribution is 6.12. The van der Waals surface area contributed by atoms with Gasteiger partial charge in [-0.15, -0.1) is 0 Å². The molecule has 0 aliphatic rings. The number of ketones is 1. The number of phenols is 2. The molecular weight excluding hydrogens is 322 g/mol. The second kappa shape index (κ2) is 6.66. The van der Waals surface area contributed by atoms with Crippen molar-refractivity contribution in [3.8, 4) is 11.5 Å². The number of halogens is 2. The third kappa shape index (κ3) is 3.19. The minimum Gasteiger partial charge on any atom is -0.508 e. The van der Waals surface area contributed by atoms with E-state index in [1.165, 1.54) is 0 Å². The molecule has 0 atom stereocenters. The van der Waals surface area contributed by atoms with Crippen LogP contribution in [0, 0.1) is 11.6 Å². The van der Waals surface area contributed by atoms with Gasteiger partial charge >= 0.3 is 5.97 Å². The fourth-order valence-electron chi connectivity index (χ4n) is 2.52. The van der Waals surface area contributed by atoms with Gasteiger partial charge in [0.15, 0.2) is 17.4 Å². The van der Waals surface area contributed by atoms with Gasteiger partial charge in [-0.2, -0.15) is 0 Å². The highest BCUT2D eigenvalue weighted by atomic mass is 19.2. The Morgan fingerprint density at radius 1 is 1.00 bits per heavy atom. The van der Waals surface area contributed by atoms with Crippen molar-refractivity contribution in [3.63, 3.8) is 0 Å². The lowest BCUT2D eigenvalue weighted by Crippen LogP contribution is -2.13. The largest absolute Gasteiger partial charge is 0.508 e. The van der Waals surface area contributed by atoms with Gasteiger partial charge in [0.05, 0.1) is 12.0 Å². The Morgan fingerprint density at radius 3 is 2.21 bits per heavy atom. The number of aliphatic carboxylic acids is 1. The first-order valence-electron chi connectivity index (χ1n) is 7.04. The third-order valence-corrected chi connectivity index (χ3v) is 3.60. The molecule has 3 N–H and O–H groups in total. The van der Waals surface area contributed by atoms with Crippen molar-refractivity contribution >= 4 is 11.8 Å². The number of carbonyl (C=O) groups excluding carboxylic acids is 1. The number of carboxylic acid groups (broad SMARTS) is 1. The lowest BCUT2D eigenvalue weighted by Gasteiger charge is -2.15. The van der Waals surface area contributed by atoms with Crippen molar-refractivity contribution in [2.75, 3.05) is 0 Å². The van der Waals surface area contributed by atoms with Gasteiger partial charge in [-0.3, -0.25) is 9.59 Å². The predicted octanol–water partition coefficient (Wildman–Crippen LogP) is 2.80. The molecule has 24 heavy (non-hydrogen) atoms. The van der Waals surface area contributed by atoms with Gasteiger partial charge in [0, 0.05) is 11.6 Å². The molecular formula is C17H14F2O5. The van der Waals surface area contributed by atoms with Crippen LogP contribution in [0.15, 0.2) is 24.3 Å². The molecule has 0 bridgehead atoms. The normalized spacial score (nSPS) is 10.6. The first kappa shape index (κ1) is 17.4. The summed E-state index contributed by atoms with van der Waals surface area (Å²) in [4.78, 5) is 23.7. The van der Waals surface area contributed by atoms with Crippen LogP contribution in [0.25, 0.3) is 0 Å². The third-order valence-electron chi connectivity index (χ3n) is 3.60. The van der Waals surface area contributed by atoms with Crippen LogP contribution in [0.4, 0.5) is 8.78 Å². The first-order valence-corrected chi connectivity index (χ1v) is 7.04. The molecule has 0 aromatic heterocycles. The van der Waals surface area contributed by atoms with E-state index in [4.69, 9.17) is 5.11 Å². The maximum absolute atomic E-state index is 13.4. The van der Waals surface area contributed by atoms with E-state index in [1.807, 2.05) is 0 Å². The number of phenolic OH excluding ortho intramolecular Hbond substituents is 2. The molecule has 0 unspecified atom stereocenters. The highest BCUT2D eigenvalue weighted by Crippen LogP contribution is 2.35. The molecule has 0 fully saturated rings. The molecule has 0 aliphatic carbocycles. The molecule has 0 radical (unpaired) electrons. The van der Waals surface area contributed by atoms with Crippen LogP contribution < -0.4 is 0 Å². The average Bonchev–Trinajstić information content (AvgIpc) is 2.49. The second-order valence-electron chi connectivity index (χ2n) is 5.13. The molecule has 7 heteroatoms. The lowest BCUT2D eigenvalue weighted by atomic mass is 9.90. The lowest BCUT2D eigenvalue weighted by molar-refractivity contribution is -0.136. The van der Waals surface area contributed by atoms with Crippen molar-refractivity contribution in [2.24, 2.45) is 0 Å². The number of hydrogen-bond acceptors (Lipinski definition) is 4. The zero-order valence-corrected chi connectivity index (χ0v) is 12.6. The van der Waals surface area contributed by atoms with Gasteiger partial charge in [0.2, 0.25) is 0 Å². The summed E-state index contributed by atoms with van der Waals surface area (Å²) in [6.07, 6.45) is -0.400. The molecule has 0 amide bonds. The summed E-state index contributed by atoms with van der Waals surface area (Å²) in [6.45, 7) is 1.64. The van der Waals surface area contributed by atoms with Gasteiger partial charge in [0.25, 0.3) is 0 Å². The van der Waals surface area contributed by atoms with Crippen molar-refractivity contribution in [1.82, 2.24) is 0 Å². The Hall–Kier alpha value is -2.96. The summed E-state index contributed by atoms with van der Waals surface area (Å²) >= 11 is 0. The smallest absolute Gasteiger partial charge is 0.307 e. The van der Waals surface area contributed by atoms with Crippen LogP contribution in [0.1, 0.15) is 34.0 Å². The Kier molecular flexibility index (Phi) is 4.82. The molecule has 2 rings (SSSR count). The van der Waals surface area contributed by atoms with Gasteiger partial charge in [0.1, 0.15) is 11.5 Å². The van der Waals surface area contributed by atoms with Gasteiger partial charge in [-0.1, -0.05) is 6.92 Å². The maximum atomic E-state index is 13.4. The van der Waals surface area contributed by atoms with Crippen molar-refractivity contribution in [1.29, 1.82) is 0 Å². The zero-order chi connectivity index (χ0) is 18.0. The summed E-state index contributed by atoms with van der Waals surface area (Å²) < 4.78 is 26.4. The molecule has 2 aromatic rings. The van der Waals surface area contributed by atoms with Crippen LogP contribution in [-0.4, -0.2) is 27.1 Å². The van der Waals surface area contributed by atoms with E-state index < -0.39 is 35.6 Å². The monoisotopic (exact) mass is 336 g/mol. The topological polar surface area (TPSA) is 94.8 Å². The summed E-state index contributed by atoms with van der Waals surface area (Å²) in [6, 6.07) is 3.39. The molecule has 126 valence electrons. The summed E-state index contributed by atoms with van der Waals surface area (Å²) in [5, 5.41) is 28.9. The Labute approximate surface area is 135 Å². The second-order valence-corrected chi connectivity index (χ2v) is 5.13. The molecule has 2 aromatic carbocycles. The number of carbonyl (C=O) groups is 2. The Balaban J connectivity index is 2.69. The van der Waals surface area contributed by atoms with Crippen LogP contribution in [0.2, 0.25) is 0 Å². The SMILES string of the molecule is CCc1c(O)cc(O)c(C(=O)c2ccc(F)c(F)c2)c1CC(=O)O. The fraction of sp³-hybridized carbons (Fsp3) is 0.176. The minimum absolute atomic E-state index is 0.0581. The Bertz CT molecular complexity index is 830. The van der Waals surface area contributed by atoms with Crippen molar-refractivity contribution in [2.45, 2.75) is 19.8 Å². The molecule has 5 nitrogen and oxygen atoms in total. The van der Waals surface area contributed by atoms with E-state index in [-0.39, 0.29) is 34.4 Å². The van der Waals surface area contributed by atoms with Crippen LogP contribution in [0.3, 0.4) is 0 Å².